The molecule has 0 radical (unpaired) electrons. The number of ether oxygens (including phenoxy) is 1. The number of hydrogen-bond donors (Lipinski definition) is 2. The van der Waals surface area contributed by atoms with Crippen molar-refractivity contribution in [1.82, 2.24) is 4.98 Å². The van der Waals surface area contributed by atoms with Crippen molar-refractivity contribution in [1.29, 1.82) is 0 Å². The molecule has 0 fully saturated rings. The minimum atomic E-state index is -0.414. The fraction of sp³-hybridized carbons (Fsp3) is 0.154. The van der Waals surface area contributed by atoms with E-state index < -0.39 is 5.97 Å². The third-order valence-electron chi connectivity index (χ3n) is 2.33. The molecule has 0 saturated heterocycles. The molecule has 0 atom stereocenters. The lowest BCUT2D eigenvalue weighted by molar-refractivity contribution is -0.114. The Bertz CT molecular complexity index is 639. The first kappa shape index (κ1) is 14.0. The smallest absolute Gasteiger partial charge is 0.349 e. The third-order valence-corrected chi connectivity index (χ3v) is 3.22. The van der Waals surface area contributed by atoms with Crippen LogP contribution in [0.4, 0.5) is 16.5 Å². The molecule has 1 aromatic carbocycles. The number of rotatable bonds is 4. The van der Waals surface area contributed by atoms with E-state index in [2.05, 4.69) is 20.4 Å². The number of hydrogen-bond acceptors (Lipinski definition) is 6. The molecule has 0 aliphatic heterocycles. The number of amides is 1. The zero-order chi connectivity index (χ0) is 14.5. The second kappa shape index (κ2) is 6.16. The molecule has 0 spiro atoms. The molecule has 0 saturated carbocycles. The van der Waals surface area contributed by atoms with E-state index in [0.29, 0.717) is 15.7 Å². The molecule has 0 aliphatic carbocycles. The maximum absolute atomic E-state index is 11.3. The second-order valence-corrected chi connectivity index (χ2v) is 4.94. The first-order valence-corrected chi connectivity index (χ1v) is 6.59. The number of esters is 1. The minimum absolute atomic E-state index is 0.135. The highest BCUT2D eigenvalue weighted by Crippen LogP contribution is 2.24. The number of benzene rings is 1. The summed E-state index contributed by atoms with van der Waals surface area (Å²) in [6.45, 7) is 1.45. The van der Waals surface area contributed by atoms with Crippen LogP contribution in [-0.2, 0) is 9.53 Å². The van der Waals surface area contributed by atoms with Crippen LogP contribution < -0.4 is 10.6 Å². The summed E-state index contributed by atoms with van der Waals surface area (Å²) in [6, 6.07) is 7.21. The van der Waals surface area contributed by atoms with E-state index in [-0.39, 0.29) is 5.91 Å². The first-order valence-electron chi connectivity index (χ1n) is 5.77. The topological polar surface area (TPSA) is 80.3 Å². The van der Waals surface area contributed by atoms with Crippen LogP contribution in [0.25, 0.3) is 0 Å². The summed E-state index contributed by atoms with van der Waals surface area (Å²) in [4.78, 5) is 26.8. The average molecular weight is 291 g/mol. The van der Waals surface area contributed by atoms with Crippen LogP contribution in [0.2, 0.25) is 0 Å². The van der Waals surface area contributed by atoms with Gasteiger partial charge in [-0.25, -0.2) is 9.78 Å². The molecule has 2 N–H and O–H groups in total. The predicted molar refractivity (Wildman–Crippen MR) is 77.5 cm³/mol. The van der Waals surface area contributed by atoms with Gasteiger partial charge in [0.15, 0.2) is 5.13 Å². The van der Waals surface area contributed by atoms with Gasteiger partial charge >= 0.3 is 5.97 Å². The number of methoxy groups -OCH3 is 1. The summed E-state index contributed by atoms with van der Waals surface area (Å²) in [7, 11) is 1.33. The zero-order valence-electron chi connectivity index (χ0n) is 11.0. The molecule has 104 valence electrons. The van der Waals surface area contributed by atoms with E-state index in [1.165, 1.54) is 31.6 Å². The maximum atomic E-state index is 11.3. The lowest BCUT2D eigenvalue weighted by Crippen LogP contribution is -2.05. The van der Waals surface area contributed by atoms with E-state index >= 15 is 0 Å². The molecule has 20 heavy (non-hydrogen) atoms. The Morgan fingerprint density at radius 2 is 2.05 bits per heavy atom. The molecular formula is C13H13N3O3S. The van der Waals surface area contributed by atoms with Crippen molar-refractivity contribution in [3.63, 3.8) is 0 Å². The standard InChI is InChI=1S/C13H13N3O3S/c1-8(17)15-9-4-3-5-10(6-9)16-13-14-7-11(20-13)12(18)19-2/h3-7H,1-2H3,(H,14,16)(H,15,17). The van der Waals surface area contributed by atoms with E-state index in [9.17, 15) is 9.59 Å². The molecule has 1 amide bonds. The van der Waals surface area contributed by atoms with Crippen LogP contribution in [0.15, 0.2) is 30.5 Å². The highest BCUT2D eigenvalue weighted by Gasteiger charge is 2.10. The molecule has 1 aromatic heterocycles. The number of carbonyl (C=O) groups excluding carboxylic acids is 2. The van der Waals surface area contributed by atoms with Gasteiger partial charge < -0.3 is 15.4 Å². The molecule has 2 aromatic rings. The lowest BCUT2D eigenvalue weighted by atomic mass is 10.3. The number of thiazole rings is 1. The lowest BCUT2D eigenvalue weighted by Gasteiger charge is -2.06. The Kier molecular flexibility index (Phi) is 4.31. The van der Waals surface area contributed by atoms with E-state index in [1.54, 1.807) is 12.1 Å². The second-order valence-electron chi connectivity index (χ2n) is 3.91. The summed E-state index contributed by atoms with van der Waals surface area (Å²) in [5.74, 6) is -0.549. The van der Waals surface area contributed by atoms with E-state index in [4.69, 9.17) is 0 Å². The first-order chi connectivity index (χ1) is 9.58. The summed E-state index contributed by atoms with van der Waals surface area (Å²) in [5, 5.41) is 6.33. The fourth-order valence-electron chi connectivity index (χ4n) is 1.53. The Balaban J connectivity index is 2.11. The van der Waals surface area contributed by atoms with Gasteiger partial charge in [0.25, 0.3) is 0 Å². The molecule has 2 rings (SSSR count). The van der Waals surface area contributed by atoms with Crippen molar-refractivity contribution in [2.75, 3.05) is 17.7 Å². The summed E-state index contributed by atoms with van der Waals surface area (Å²) < 4.78 is 4.62. The van der Waals surface area contributed by atoms with Crippen molar-refractivity contribution in [3.05, 3.63) is 35.3 Å². The van der Waals surface area contributed by atoms with E-state index in [1.807, 2.05) is 12.1 Å². The SMILES string of the molecule is COC(=O)c1cnc(Nc2cccc(NC(C)=O)c2)s1. The fourth-order valence-corrected chi connectivity index (χ4v) is 2.28. The van der Waals surface area contributed by atoms with Gasteiger partial charge in [0.05, 0.1) is 13.3 Å². The normalized spacial score (nSPS) is 9.90. The largest absolute Gasteiger partial charge is 0.465 e. The van der Waals surface area contributed by atoms with Crippen LogP contribution in [0.3, 0.4) is 0 Å². The van der Waals surface area contributed by atoms with Crippen molar-refractivity contribution in [3.8, 4) is 0 Å². The van der Waals surface area contributed by atoms with E-state index in [0.717, 1.165) is 5.69 Å². The quantitative estimate of drug-likeness (QED) is 0.846. The number of nitrogens with one attached hydrogen (secondary N) is 2. The van der Waals surface area contributed by atoms with Crippen molar-refractivity contribution in [2.24, 2.45) is 0 Å². The monoisotopic (exact) mass is 291 g/mol. The Morgan fingerprint density at radius 1 is 1.30 bits per heavy atom. The van der Waals surface area contributed by atoms with Gasteiger partial charge in [-0.05, 0) is 18.2 Å². The van der Waals surface area contributed by atoms with Crippen LogP contribution in [0.1, 0.15) is 16.6 Å². The van der Waals surface area contributed by atoms with Crippen molar-refractivity contribution >= 4 is 39.7 Å². The van der Waals surface area contributed by atoms with Crippen LogP contribution in [0.5, 0.6) is 0 Å². The van der Waals surface area contributed by atoms with Gasteiger partial charge in [-0.3, -0.25) is 4.79 Å². The van der Waals surface area contributed by atoms with Gasteiger partial charge in [-0.1, -0.05) is 17.4 Å². The van der Waals surface area contributed by atoms with Crippen molar-refractivity contribution in [2.45, 2.75) is 6.92 Å². The van der Waals surface area contributed by atoms with Gasteiger partial charge in [0.1, 0.15) is 4.88 Å². The zero-order valence-corrected chi connectivity index (χ0v) is 11.8. The highest BCUT2D eigenvalue weighted by atomic mass is 32.1. The predicted octanol–water partition coefficient (Wildman–Crippen LogP) is 2.63. The van der Waals surface area contributed by atoms with Crippen LogP contribution in [-0.4, -0.2) is 24.0 Å². The number of carbonyl (C=O) groups is 2. The Hall–Kier alpha value is -2.41. The average Bonchev–Trinajstić information content (AvgIpc) is 2.86. The molecule has 7 heteroatoms. The van der Waals surface area contributed by atoms with Gasteiger partial charge in [0.2, 0.25) is 5.91 Å². The van der Waals surface area contributed by atoms with Gasteiger partial charge in [-0.2, -0.15) is 0 Å². The van der Waals surface area contributed by atoms with Gasteiger partial charge in [-0.15, -0.1) is 0 Å². The molecule has 6 nitrogen and oxygen atoms in total. The number of anilines is 3. The number of aromatic nitrogens is 1. The maximum Gasteiger partial charge on any atom is 0.349 e. The Labute approximate surface area is 119 Å². The van der Waals surface area contributed by atoms with Crippen LogP contribution in [0, 0.1) is 0 Å². The molecule has 0 unspecified atom stereocenters. The minimum Gasteiger partial charge on any atom is -0.465 e. The summed E-state index contributed by atoms with van der Waals surface area (Å²) in [5.41, 5.74) is 1.45. The molecule has 0 aliphatic rings. The van der Waals surface area contributed by atoms with Crippen molar-refractivity contribution < 1.29 is 14.3 Å². The van der Waals surface area contributed by atoms with Gasteiger partial charge in [0, 0.05) is 18.3 Å². The Morgan fingerprint density at radius 3 is 2.75 bits per heavy atom. The highest BCUT2D eigenvalue weighted by molar-refractivity contribution is 7.17. The molecule has 0 bridgehead atoms. The number of nitrogens with zero attached hydrogens (tertiary/aromatic N) is 1. The summed E-state index contributed by atoms with van der Waals surface area (Å²) >= 11 is 1.20. The third kappa shape index (κ3) is 3.55. The van der Waals surface area contributed by atoms with Crippen LogP contribution >= 0.6 is 11.3 Å². The summed E-state index contributed by atoms with van der Waals surface area (Å²) in [6.07, 6.45) is 1.45. The molecule has 1 heterocycles. The molecular weight excluding hydrogens is 278 g/mol.